The minimum absolute atomic E-state index is 0.0988. The van der Waals surface area contributed by atoms with Crippen LogP contribution in [0.3, 0.4) is 0 Å². The van der Waals surface area contributed by atoms with Crippen LogP contribution in [0.1, 0.15) is 68.8 Å². The van der Waals surface area contributed by atoms with Gasteiger partial charge in [0.25, 0.3) is 0 Å². The Hall–Kier alpha value is -3.50. The van der Waals surface area contributed by atoms with Crippen molar-refractivity contribution in [2.24, 2.45) is 35.5 Å². The Morgan fingerprint density at radius 3 is 2.31 bits per heavy atom. The zero-order valence-corrected chi connectivity index (χ0v) is 32.8. The van der Waals surface area contributed by atoms with Crippen molar-refractivity contribution in [3.8, 4) is 0 Å². The molecule has 4 saturated heterocycles. The molecule has 6 heterocycles. The van der Waals surface area contributed by atoms with E-state index < -0.39 is 107 Å². The lowest BCUT2D eigenvalue weighted by Crippen LogP contribution is -2.89. The van der Waals surface area contributed by atoms with E-state index in [4.69, 9.17) is 28.4 Å². The van der Waals surface area contributed by atoms with Crippen LogP contribution in [0.4, 0.5) is 0 Å². The Kier molecular flexibility index (Phi) is 8.67. The summed E-state index contributed by atoms with van der Waals surface area (Å²) in [6.45, 7) is 4.83. The van der Waals surface area contributed by atoms with Crippen molar-refractivity contribution >= 4 is 11.9 Å². The van der Waals surface area contributed by atoms with E-state index in [2.05, 4.69) is 6.92 Å². The molecule has 0 radical (unpaired) electrons. The van der Waals surface area contributed by atoms with E-state index in [1.165, 1.54) is 12.2 Å². The average Bonchev–Trinajstić information content (AvgIpc) is 3.73. The summed E-state index contributed by atoms with van der Waals surface area (Å²) in [5, 5.41) is 63.0. The number of aliphatic hydroxyl groups is 5. The van der Waals surface area contributed by atoms with E-state index in [1.807, 2.05) is 19.1 Å². The minimum atomic E-state index is -2.20. The number of carbonyl (C=O) groups excluding carboxylic acids is 2. The highest BCUT2D eigenvalue weighted by molar-refractivity contribution is 5.89. The van der Waals surface area contributed by atoms with Crippen LogP contribution in [0.15, 0.2) is 85.0 Å². The molecule has 2 aromatic rings. The van der Waals surface area contributed by atoms with Gasteiger partial charge in [0.1, 0.15) is 53.4 Å². The van der Waals surface area contributed by atoms with Crippen molar-refractivity contribution in [3.05, 3.63) is 96.1 Å². The summed E-state index contributed by atoms with van der Waals surface area (Å²) in [5.74, 6) is -6.19. The van der Waals surface area contributed by atoms with Crippen LogP contribution >= 0.6 is 0 Å². The van der Waals surface area contributed by atoms with Crippen molar-refractivity contribution in [1.82, 2.24) is 0 Å². The first-order valence-electron chi connectivity index (χ1n) is 20.7. The van der Waals surface area contributed by atoms with E-state index in [1.54, 1.807) is 67.6 Å². The molecule has 310 valence electrons. The molecule has 6 aliphatic heterocycles. The molecule has 5 N–H and O–H groups in total. The lowest BCUT2D eigenvalue weighted by atomic mass is 9.49. The summed E-state index contributed by atoms with van der Waals surface area (Å²) >= 11 is 0. The molecule has 8 fully saturated rings. The summed E-state index contributed by atoms with van der Waals surface area (Å²) in [7, 11) is 0. The Morgan fingerprint density at radius 2 is 1.59 bits per heavy atom. The number of hydrogen-bond donors (Lipinski definition) is 5. The van der Waals surface area contributed by atoms with E-state index in [-0.39, 0.29) is 37.0 Å². The molecule has 2 aromatic carbocycles. The van der Waals surface area contributed by atoms with Crippen LogP contribution in [-0.4, -0.2) is 109 Å². The third kappa shape index (κ3) is 4.96. The van der Waals surface area contributed by atoms with E-state index in [0.29, 0.717) is 24.0 Å². The Balaban J connectivity index is 1.12. The summed E-state index contributed by atoms with van der Waals surface area (Å²) in [4.78, 5) is 27.0. The van der Waals surface area contributed by atoms with Crippen molar-refractivity contribution in [2.45, 2.75) is 123 Å². The number of fused-ring (bicyclic) bond motifs is 6. The standard InChI is InChI=1S/C45H52O13/c1-24-27-18-19-29(24)30(53-38(48)26-12-6-4-7-13-26)16-10-11-17-33(47)54-32-21-20-31-42(32,51)39(49)41(23-46)36(55-41)34-37-44(52,40(3,50)22-27)35-25(2)43(31,34)58-45(56-35,57-37)28-14-8-5-9-15-28/h4-17,24-25,27,29-32,34-37,39,46,49-52H,18-23H2,1-3H3/t24-,25+,27+,29-,30-,31+,32-,34-,35-,36-,37+,39+,40+,41-,42+,43-,44-,45-/m0/s1. The molecule has 12 rings (SSSR count). The lowest BCUT2D eigenvalue weighted by molar-refractivity contribution is -0.595. The highest BCUT2D eigenvalue weighted by Crippen LogP contribution is 2.74. The predicted molar refractivity (Wildman–Crippen MR) is 202 cm³/mol. The highest BCUT2D eigenvalue weighted by atomic mass is 16.9. The van der Waals surface area contributed by atoms with Crippen LogP contribution in [0.5, 0.6) is 0 Å². The molecule has 11 bridgehead atoms. The molecular weight excluding hydrogens is 748 g/mol. The fourth-order valence-electron chi connectivity index (χ4n) is 13.0. The monoisotopic (exact) mass is 800 g/mol. The second kappa shape index (κ2) is 13.0. The maximum atomic E-state index is 13.6. The van der Waals surface area contributed by atoms with Crippen LogP contribution < -0.4 is 0 Å². The molecule has 10 aliphatic rings. The van der Waals surface area contributed by atoms with Crippen molar-refractivity contribution in [2.75, 3.05) is 6.61 Å². The first kappa shape index (κ1) is 38.7. The van der Waals surface area contributed by atoms with Gasteiger partial charge in [-0.05, 0) is 69.1 Å². The molecule has 4 aliphatic carbocycles. The maximum Gasteiger partial charge on any atom is 0.338 e. The summed E-state index contributed by atoms with van der Waals surface area (Å²) in [5.41, 5.74) is -8.42. The smallest absolute Gasteiger partial charge is 0.338 e. The fraction of sp³-hybridized carbons (Fsp3) is 0.600. The van der Waals surface area contributed by atoms with Gasteiger partial charge in [-0.2, -0.15) is 0 Å². The number of hydrogen-bond acceptors (Lipinski definition) is 13. The number of esters is 2. The Bertz CT molecular complexity index is 2020. The first-order valence-corrected chi connectivity index (χ1v) is 20.7. The van der Waals surface area contributed by atoms with Gasteiger partial charge in [0.15, 0.2) is 0 Å². The number of epoxide rings is 1. The zero-order valence-electron chi connectivity index (χ0n) is 32.8. The Morgan fingerprint density at radius 1 is 0.879 bits per heavy atom. The van der Waals surface area contributed by atoms with Gasteiger partial charge < -0.3 is 54.0 Å². The maximum absolute atomic E-state index is 13.6. The molecule has 0 amide bonds. The van der Waals surface area contributed by atoms with Gasteiger partial charge >= 0.3 is 17.9 Å². The number of carbonyl (C=O) groups is 2. The number of ether oxygens (including phenoxy) is 6. The second-order valence-electron chi connectivity index (χ2n) is 18.4. The summed E-state index contributed by atoms with van der Waals surface area (Å²) in [6.07, 6.45) is 0.831. The zero-order chi connectivity index (χ0) is 40.6. The number of rotatable bonds is 4. The molecule has 0 unspecified atom stereocenters. The third-order valence-electron chi connectivity index (χ3n) is 15.9. The van der Waals surface area contributed by atoms with Crippen LogP contribution in [-0.2, 0) is 39.2 Å². The van der Waals surface area contributed by atoms with Gasteiger partial charge in [0.05, 0.1) is 23.4 Å². The second-order valence-corrected chi connectivity index (χ2v) is 18.4. The third-order valence-corrected chi connectivity index (χ3v) is 15.9. The lowest BCUT2D eigenvalue weighted by Gasteiger charge is -2.74. The molecular formula is C45H52O13. The van der Waals surface area contributed by atoms with Crippen LogP contribution in [0.25, 0.3) is 0 Å². The van der Waals surface area contributed by atoms with Gasteiger partial charge in [0.2, 0.25) is 0 Å². The van der Waals surface area contributed by atoms with Gasteiger partial charge in [-0.25, -0.2) is 9.59 Å². The van der Waals surface area contributed by atoms with Crippen molar-refractivity contribution in [3.63, 3.8) is 0 Å². The number of aliphatic hydroxyl groups excluding tert-OH is 2. The van der Waals surface area contributed by atoms with E-state index in [0.717, 1.165) is 0 Å². The highest BCUT2D eigenvalue weighted by Gasteiger charge is 2.90. The van der Waals surface area contributed by atoms with Crippen molar-refractivity contribution in [1.29, 1.82) is 0 Å². The quantitative estimate of drug-likeness (QED) is 0.224. The number of benzene rings is 2. The molecule has 18 atom stereocenters. The van der Waals surface area contributed by atoms with Crippen LogP contribution in [0, 0.1) is 35.5 Å². The molecule has 13 heteroatoms. The van der Waals surface area contributed by atoms with Gasteiger partial charge in [-0.15, -0.1) is 0 Å². The number of allylic oxidation sites excluding steroid dienone is 2. The predicted octanol–water partition coefficient (Wildman–Crippen LogP) is 3.06. The van der Waals surface area contributed by atoms with Gasteiger partial charge in [-0.1, -0.05) is 74.5 Å². The van der Waals surface area contributed by atoms with Crippen molar-refractivity contribution < 1.29 is 63.5 Å². The molecule has 0 aromatic heterocycles. The molecule has 4 saturated carbocycles. The first-order chi connectivity index (χ1) is 27.7. The Labute approximate surface area is 336 Å². The SMILES string of the molecule is C[C@H]1[C@@H]2CC[C@@H]1[C@@H](OC(=O)c1ccccc1)C=CC=CC(=O)O[C@H]1CC[C@@H]3[C@]1(O)[C@H](O)[C@@]1(CO)O[C@H]1[C@H]1[C@H]4O[C@]5(c6ccccc6)O[C@@H]([C@@H](C)[C@@]13O5)[C@@]4(O)[C@](C)(O)C2. The molecule has 13 nitrogen and oxygen atoms in total. The van der Waals surface area contributed by atoms with Gasteiger partial charge in [0, 0.05) is 35.3 Å². The fourth-order valence-corrected chi connectivity index (χ4v) is 13.0. The topological polar surface area (TPSA) is 194 Å². The average molecular weight is 801 g/mol. The molecule has 1 spiro atoms. The van der Waals surface area contributed by atoms with E-state index >= 15 is 0 Å². The summed E-state index contributed by atoms with van der Waals surface area (Å²) in [6, 6.07) is 17.7. The largest absolute Gasteiger partial charge is 0.456 e. The van der Waals surface area contributed by atoms with Gasteiger partial charge in [-0.3, -0.25) is 0 Å². The van der Waals surface area contributed by atoms with Crippen LogP contribution in [0.2, 0.25) is 0 Å². The minimum Gasteiger partial charge on any atom is -0.456 e. The molecule has 58 heavy (non-hydrogen) atoms. The van der Waals surface area contributed by atoms with E-state index in [9.17, 15) is 35.1 Å². The summed E-state index contributed by atoms with van der Waals surface area (Å²) < 4.78 is 39.4. The normalized spacial score (nSPS) is 51.1.